The van der Waals surface area contributed by atoms with Crippen molar-refractivity contribution < 1.29 is 9.52 Å². The molecule has 0 aliphatic heterocycles. The highest BCUT2D eigenvalue weighted by atomic mass is 32.2. The Morgan fingerprint density at radius 1 is 1.05 bits per heavy atom. The van der Waals surface area contributed by atoms with Crippen LogP contribution in [0.25, 0.3) is 11.5 Å². The molecule has 0 radical (unpaired) electrons. The number of hydrogen-bond donors (Lipinski definition) is 1. The van der Waals surface area contributed by atoms with Crippen LogP contribution in [0, 0.1) is 6.92 Å². The molecule has 1 unspecified atom stereocenters. The first kappa shape index (κ1) is 14.8. The lowest BCUT2D eigenvalue weighted by molar-refractivity contribution is 0.204. The van der Waals surface area contributed by atoms with Gasteiger partial charge in [-0.2, -0.15) is 0 Å². The first-order valence-electron chi connectivity index (χ1n) is 6.99. The minimum atomic E-state index is -0.556. The van der Waals surface area contributed by atoms with Crippen molar-refractivity contribution in [2.45, 2.75) is 18.3 Å². The number of benzene rings is 2. The number of thioether (sulfide) groups is 1. The monoisotopic (exact) mass is 312 g/mol. The third kappa shape index (κ3) is 3.37. The highest BCUT2D eigenvalue weighted by Gasteiger charge is 2.13. The van der Waals surface area contributed by atoms with Crippen LogP contribution >= 0.6 is 11.8 Å². The summed E-state index contributed by atoms with van der Waals surface area (Å²) in [5.74, 6) is 0.981. The van der Waals surface area contributed by atoms with Crippen LogP contribution in [0.4, 0.5) is 0 Å². The van der Waals surface area contributed by atoms with E-state index in [1.165, 1.54) is 11.8 Å². The molecule has 0 bridgehead atoms. The molecule has 22 heavy (non-hydrogen) atoms. The number of hydrogen-bond acceptors (Lipinski definition) is 5. The summed E-state index contributed by atoms with van der Waals surface area (Å²) in [4.78, 5) is 0. The summed E-state index contributed by atoms with van der Waals surface area (Å²) in [6.45, 7) is 2.01. The molecule has 5 heteroatoms. The summed E-state index contributed by atoms with van der Waals surface area (Å²) in [6.07, 6.45) is -0.556. The zero-order chi connectivity index (χ0) is 15.4. The smallest absolute Gasteiger partial charge is 0.276 e. The van der Waals surface area contributed by atoms with E-state index in [1.807, 2.05) is 61.5 Å². The van der Waals surface area contributed by atoms with Crippen LogP contribution in [0.5, 0.6) is 0 Å². The third-order valence-corrected chi connectivity index (χ3v) is 4.23. The average molecular weight is 312 g/mol. The Kier molecular flexibility index (Phi) is 4.56. The van der Waals surface area contributed by atoms with Crippen LogP contribution in [-0.4, -0.2) is 21.1 Å². The Bertz CT molecular complexity index is 743. The van der Waals surface area contributed by atoms with Gasteiger partial charge in [-0.15, -0.1) is 10.2 Å². The van der Waals surface area contributed by atoms with Gasteiger partial charge >= 0.3 is 0 Å². The molecule has 1 aromatic heterocycles. The lowest BCUT2D eigenvalue weighted by atomic mass is 10.1. The van der Waals surface area contributed by atoms with Gasteiger partial charge in [-0.3, -0.25) is 0 Å². The molecule has 2 aromatic carbocycles. The molecule has 0 amide bonds. The predicted octanol–water partition coefficient (Wildman–Crippen LogP) is 3.87. The summed E-state index contributed by atoms with van der Waals surface area (Å²) in [5.41, 5.74) is 2.91. The van der Waals surface area contributed by atoms with Gasteiger partial charge in [-0.25, -0.2) is 0 Å². The molecular formula is C17H16N2O2S. The number of aromatic nitrogens is 2. The maximum atomic E-state index is 10.1. The van der Waals surface area contributed by atoms with Crippen molar-refractivity contribution in [3.05, 3.63) is 65.7 Å². The van der Waals surface area contributed by atoms with Gasteiger partial charge in [0.05, 0.1) is 6.10 Å². The fourth-order valence-corrected chi connectivity index (χ4v) is 2.84. The van der Waals surface area contributed by atoms with Crippen molar-refractivity contribution in [2.75, 3.05) is 5.75 Å². The van der Waals surface area contributed by atoms with Gasteiger partial charge in [-0.05, 0) is 24.1 Å². The van der Waals surface area contributed by atoms with Crippen molar-refractivity contribution >= 4 is 11.8 Å². The van der Waals surface area contributed by atoms with Crippen molar-refractivity contribution in [3.63, 3.8) is 0 Å². The van der Waals surface area contributed by atoms with Gasteiger partial charge < -0.3 is 9.52 Å². The van der Waals surface area contributed by atoms with E-state index >= 15 is 0 Å². The molecule has 0 saturated carbocycles. The molecule has 1 N–H and O–H groups in total. The van der Waals surface area contributed by atoms with Gasteiger partial charge in [0, 0.05) is 11.3 Å². The van der Waals surface area contributed by atoms with E-state index in [0.717, 1.165) is 16.7 Å². The van der Waals surface area contributed by atoms with E-state index in [9.17, 15) is 5.11 Å². The second kappa shape index (κ2) is 6.77. The third-order valence-electron chi connectivity index (χ3n) is 3.33. The molecule has 1 heterocycles. The minimum absolute atomic E-state index is 0.466. The quantitative estimate of drug-likeness (QED) is 0.725. The standard InChI is InChI=1S/C17H16N2O2S/c1-12-7-5-6-10-14(12)16-18-19-17(21-16)22-11-15(20)13-8-3-2-4-9-13/h2-10,15,20H,11H2,1H3. The lowest BCUT2D eigenvalue weighted by Gasteiger charge is -2.08. The lowest BCUT2D eigenvalue weighted by Crippen LogP contribution is -1.99. The van der Waals surface area contributed by atoms with E-state index in [-0.39, 0.29) is 0 Å². The minimum Gasteiger partial charge on any atom is -0.411 e. The van der Waals surface area contributed by atoms with Gasteiger partial charge in [0.1, 0.15) is 0 Å². The van der Waals surface area contributed by atoms with E-state index in [4.69, 9.17) is 4.42 Å². The van der Waals surface area contributed by atoms with Crippen LogP contribution in [0.15, 0.2) is 64.2 Å². The molecule has 1 atom stereocenters. The molecule has 112 valence electrons. The zero-order valence-electron chi connectivity index (χ0n) is 12.1. The molecule has 0 spiro atoms. The van der Waals surface area contributed by atoms with Crippen molar-refractivity contribution in [2.24, 2.45) is 0 Å². The van der Waals surface area contributed by atoms with Gasteiger partial charge in [0.15, 0.2) is 0 Å². The second-order valence-electron chi connectivity index (χ2n) is 4.93. The Morgan fingerprint density at radius 3 is 2.55 bits per heavy atom. The second-order valence-corrected chi connectivity index (χ2v) is 5.90. The summed E-state index contributed by atoms with van der Waals surface area (Å²) >= 11 is 1.35. The zero-order valence-corrected chi connectivity index (χ0v) is 13.0. The Morgan fingerprint density at radius 2 is 1.77 bits per heavy atom. The molecule has 0 aliphatic rings. The number of aryl methyl sites for hydroxylation is 1. The Labute approximate surface area is 133 Å². The first-order chi connectivity index (χ1) is 10.7. The van der Waals surface area contributed by atoms with Gasteiger partial charge in [0.2, 0.25) is 5.89 Å². The number of nitrogens with zero attached hydrogens (tertiary/aromatic N) is 2. The predicted molar refractivity (Wildman–Crippen MR) is 86.6 cm³/mol. The average Bonchev–Trinajstić information content (AvgIpc) is 3.02. The summed E-state index contributed by atoms with van der Waals surface area (Å²) in [6, 6.07) is 17.4. The summed E-state index contributed by atoms with van der Waals surface area (Å²) in [5, 5.41) is 18.7. The largest absolute Gasteiger partial charge is 0.411 e. The highest BCUT2D eigenvalue weighted by Crippen LogP contribution is 2.27. The Balaban J connectivity index is 1.67. The van der Waals surface area contributed by atoms with Crippen molar-refractivity contribution in [1.82, 2.24) is 10.2 Å². The van der Waals surface area contributed by atoms with E-state index in [0.29, 0.717) is 16.9 Å². The molecule has 0 saturated heterocycles. The highest BCUT2D eigenvalue weighted by molar-refractivity contribution is 7.99. The maximum Gasteiger partial charge on any atom is 0.276 e. The number of rotatable bonds is 5. The van der Waals surface area contributed by atoms with Crippen molar-refractivity contribution in [3.8, 4) is 11.5 Å². The van der Waals surface area contributed by atoms with Gasteiger partial charge in [0.25, 0.3) is 5.22 Å². The van der Waals surface area contributed by atoms with E-state index in [1.54, 1.807) is 0 Å². The molecule has 0 aliphatic carbocycles. The Hall–Kier alpha value is -2.11. The van der Waals surface area contributed by atoms with E-state index in [2.05, 4.69) is 10.2 Å². The maximum absolute atomic E-state index is 10.1. The first-order valence-corrected chi connectivity index (χ1v) is 7.98. The topological polar surface area (TPSA) is 59.2 Å². The normalized spacial score (nSPS) is 12.3. The van der Waals surface area contributed by atoms with Crippen LogP contribution in [0.3, 0.4) is 0 Å². The summed E-state index contributed by atoms with van der Waals surface area (Å²) < 4.78 is 5.67. The van der Waals surface area contributed by atoms with Gasteiger partial charge in [-0.1, -0.05) is 60.3 Å². The van der Waals surface area contributed by atoms with E-state index < -0.39 is 6.10 Å². The number of aliphatic hydroxyl groups is 1. The van der Waals surface area contributed by atoms with Crippen LogP contribution < -0.4 is 0 Å². The van der Waals surface area contributed by atoms with Crippen molar-refractivity contribution in [1.29, 1.82) is 0 Å². The molecule has 3 aromatic rings. The fraction of sp³-hybridized carbons (Fsp3) is 0.176. The van der Waals surface area contributed by atoms with Crippen LogP contribution in [0.2, 0.25) is 0 Å². The number of aliphatic hydroxyl groups excluding tert-OH is 1. The fourth-order valence-electron chi connectivity index (χ4n) is 2.11. The van der Waals surface area contributed by atoms with Crippen LogP contribution in [-0.2, 0) is 0 Å². The SMILES string of the molecule is Cc1ccccc1-c1nnc(SCC(O)c2ccccc2)o1. The molecule has 4 nitrogen and oxygen atoms in total. The van der Waals surface area contributed by atoms with Crippen LogP contribution in [0.1, 0.15) is 17.2 Å². The molecule has 3 rings (SSSR count). The summed E-state index contributed by atoms with van der Waals surface area (Å²) in [7, 11) is 0. The molecule has 0 fully saturated rings. The molecular weight excluding hydrogens is 296 g/mol.